The molecule has 0 fully saturated rings. The number of aromatic nitrogens is 2. The summed E-state index contributed by atoms with van der Waals surface area (Å²) in [5.41, 5.74) is 2.02. The van der Waals surface area contributed by atoms with Gasteiger partial charge in [0, 0.05) is 12.1 Å². The maximum atomic E-state index is 10.6. The molecule has 0 aliphatic heterocycles. The number of ketones is 1. The molecule has 3 nitrogen and oxygen atoms in total. The van der Waals surface area contributed by atoms with E-state index in [1.54, 1.807) is 6.92 Å². The van der Waals surface area contributed by atoms with E-state index in [1.807, 2.05) is 13.0 Å². The van der Waals surface area contributed by atoms with Gasteiger partial charge in [-0.15, -0.1) is 0 Å². The number of nitrogens with zero attached hydrogens (tertiary/aromatic N) is 1. The van der Waals surface area contributed by atoms with Crippen LogP contribution in [0.5, 0.6) is 0 Å². The lowest BCUT2D eigenvalue weighted by Gasteiger charge is -1.89. The molecule has 0 radical (unpaired) electrons. The van der Waals surface area contributed by atoms with Gasteiger partial charge in [-0.05, 0) is 26.3 Å². The summed E-state index contributed by atoms with van der Waals surface area (Å²) in [7, 11) is 0. The zero-order valence-electron chi connectivity index (χ0n) is 6.85. The van der Waals surface area contributed by atoms with Crippen LogP contribution in [-0.4, -0.2) is 16.0 Å². The van der Waals surface area contributed by atoms with Gasteiger partial charge in [-0.25, -0.2) is 0 Å². The quantitative estimate of drug-likeness (QED) is 0.708. The molecular weight excluding hydrogens is 140 g/mol. The summed E-state index contributed by atoms with van der Waals surface area (Å²) >= 11 is 0. The smallest absolute Gasteiger partial charge is 0.130 e. The average Bonchev–Trinajstić information content (AvgIpc) is 2.31. The van der Waals surface area contributed by atoms with Gasteiger partial charge in [0.2, 0.25) is 0 Å². The molecule has 11 heavy (non-hydrogen) atoms. The first kappa shape index (κ1) is 7.98. The van der Waals surface area contributed by atoms with Gasteiger partial charge >= 0.3 is 0 Å². The molecule has 0 aliphatic carbocycles. The third-order valence-corrected chi connectivity index (χ3v) is 1.49. The third kappa shape index (κ3) is 2.53. The van der Waals surface area contributed by atoms with Crippen LogP contribution in [-0.2, 0) is 11.2 Å². The summed E-state index contributed by atoms with van der Waals surface area (Å²) in [5.74, 6) is 0.214. The average molecular weight is 152 g/mol. The summed E-state index contributed by atoms with van der Waals surface area (Å²) in [4.78, 5) is 10.6. The van der Waals surface area contributed by atoms with E-state index >= 15 is 0 Å². The van der Waals surface area contributed by atoms with Crippen LogP contribution in [0.2, 0.25) is 0 Å². The molecule has 0 unspecified atom stereocenters. The molecule has 1 aromatic heterocycles. The Bertz CT molecular complexity index is 252. The number of aromatic amines is 1. The van der Waals surface area contributed by atoms with E-state index in [9.17, 15) is 4.79 Å². The van der Waals surface area contributed by atoms with Crippen LogP contribution in [0.15, 0.2) is 6.07 Å². The summed E-state index contributed by atoms with van der Waals surface area (Å²) in [6.07, 6.45) is 1.34. The van der Waals surface area contributed by atoms with Gasteiger partial charge < -0.3 is 4.79 Å². The highest BCUT2D eigenvalue weighted by Gasteiger charge is 1.99. The normalized spacial score (nSPS) is 10.0. The summed E-state index contributed by atoms with van der Waals surface area (Å²) in [6.45, 7) is 3.55. The van der Waals surface area contributed by atoms with Gasteiger partial charge in [0.15, 0.2) is 0 Å². The van der Waals surface area contributed by atoms with E-state index in [-0.39, 0.29) is 5.78 Å². The van der Waals surface area contributed by atoms with Crippen molar-refractivity contribution >= 4 is 5.78 Å². The lowest BCUT2D eigenvalue weighted by Crippen LogP contribution is -1.93. The third-order valence-electron chi connectivity index (χ3n) is 1.49. The number of hydrogen-bond donors (Lipinski definition) is 1. The lowest BCUT2D eigenvalue weighted by molar-refractivity contribution is -0.116. The van der Waals surface area contributed by atoms with Crippen LogP contribution in [0, 0.1) is 6.92 Å². The van der Waals surface area contributed by atoms with Crippen LogP contribution in [0.3, 0.4) is 0 Å². The molecule has 1 heterocycles. The van der Waals surface area contributed by atoms with Crippen LogP contribution < -0.4 is 0 Å². The van der Waals surface area contributed by atoms with E-state index in [0.717, 1.165) is 17.8 Å². The van der Waals surface area contributed by atoms with Gasteiger partial charge in [-0.3, -0.25) is 5.10 Å². The van der Waals surface area contributed by atoms with Gasteiger partial charge in [-0.2, -0.15) is 5.10 Å². The first-order valence-electron chi connectivity index (χ1n) is 3.69. The minimum atomic E-state index is 0.214. The molecule has 0 bridgehead atoms. The lowest BCUT2D eigenvalue weighted by atomic mass is 10.2. The maximum Gasteiger partial charge on any atom is 0.130 e. The van der Waals surface area contributed by atoms with Crippen molar-refractivity contribution in [2.75, 3.05) is 0 Å². The molecule has 0 saturated carbocycles. The number of carbonyl (C=O) groups excluding carboxylic acids is 1. The van der Waals surface area contributed by atoms with Gasteiger partial charge in [0.05, 0.1) is 5.69 Å². The number of H-pyrrole nitrogens is 1. The monoisotopic (exact) mass is 152 g/mol. The number of rotatable bonds is 3. The van der Waals surface area contributed by atoms with Crippen LogP contribution in [0.1, 0.15) is 24.7 Å². The number of aryl methyl sites for hydroxylation is 2. The number of nitrogens with one attached hydrogen (secondary N) is 1. The standard InChI is InChI=1S/C8H12N2O/c1-6-5-8(10-9-6)4-3-7(2)11/h5H,3-4H2,1-2H3,(H,9,10). The molecule has 1 rings (SSSR count). The van der Waals surface area contributed by atoms with Crippen molar-refractivity contribution in [1.29, 1.82) is 0 Å². The van der Waals surface area contributed by atoms with E-state index < -0.39 is 0 Å². The summed E-state index contributed by atoms with van der Waals surface area (Å²) in [6, 6.07) is 1.96. The number of Topliss-reactive ketones (excluding diaryl/α,β-unsaturated/α-hetero) is 1. The first-order chi connectivity index (χ1) is 5.18. The Kier molecular flexibility index (Phi) is 2.41. The SMILES string of the molecule is CC(=O)CCc1cc(C)[nH]n1. The molecular formula is C8H12N2O. The predicted molar refractivity (Wildman–Crippen MR) is 42.3 cm³/mol. The van der Waals surface area contributed by atoms with Crippen LogP contribution in [0.25, 0.3) is 0 Å². The molecule has 0 saturated heterocycles. The summed E-state index contributed by atoms with van der Waals surface area (Å²) in [5, 5.41) is 6.84. The fraction of sp³-hybridized carbons (Fsp3) is 0.500. The molecule has 1 N–H and O–H groups in total. The molecule has 0 amide bonds. The van der Waals surface area contributed by atoms with Gasteiger partial charge in [0.1, 0.15) is 5.78 Å². The Morgan fingerprint density at radius 3 is 2.91 bits per heavy atom. The maximum absolute atomic E-state index is 10.6. The topological polar surface area (TPSA) is 45.8 Å². The second-order valence-corrected chi connectivity index (χ2v) is 2.74. The zero-order chi connectivity index (χ0) is 8.27. The molecule has 0 atom stereocenters. The van der Waals surface area contributed by atoms with E-state index in [4.69, 9.17) is 0 Å². The number of hydrogen-bond acceptors (Lipinski definition) is 2. The highest BCUT2D eigenvalue weighted by Crippen LogP contribution is 2.01. The van der Waals surface area contributed by atoms with E-state index in [0.29, 0.717) is 6.42 Å². The molecule has 60 valence electrons. The Morgan fingerprint density at radius 1 is 1.73 bits per heavy atom. The first-order valence-corrected chi connectivity index (χ1v) is 3.69. The fourth-order valence-corrected chi connectivity index (χ4v) is 0.907. The second-order valence-electron chi connectivity index (χ2n) is 2.74. The van der Waals surface area contributed by atoms with Crippen molar-refractivity contribution < 1.29 is 4.79 Å². The van der Waals surface area contributed by atoms with E-state index in [1.165, 1.54) is 0 Å². The van der Waals surface area contributed by atoms with Crippen molar-refractivity contribution in [3.63, 3.8) is 0 Å². The Balaban J connectivity index is 2.45. The highest BCUT2D eigenvalue weighted by atomic mass is 16.1. The minimum Gasteiger partial charge on any atom is -0.300 e. The summed E-state index contributed by atoms with van der Waals surface area (Å²) < 4.78 is 0. The zero-order valence-corrected chi connectivity index (χ0v) is 6.85. The Hall–Kier alpha value is -1.12. The molecule has 0 spiro atoms. The highest BCUT2D eigenvalue weighted by molar-refractivity contribution is 5.75. The van der Waals surface area contributed by atoms with Crippen molar-refractivity contribution in [1.82, 2.24) is 10.2 Å². The van der Waals surface area contributed by atoms with Gasteiger partial charge in [-0.1, -0.05) is 0 Å². The Labute approximate surface area is 65.8 Å². The van der Waals surface area contributed by atoms with Crippen molar-refractivity contribution in [2.45, 2.75) is 26.7 Å². The molecule has 0 aromatic carbocycles. The molecule has 3 heteroatoms. The van der Waals surface area contributed by atoms with Gasteiger partial charge in [0.25, 0.3) is 0 Å². The fourth-order valence-electron chi connectivity index (χ4n) is 0.907. The largest absolute Gasteiger partial charge is 0.300 e. The Morgan fingerprint density at radius 2 is 2.45 bits per heavy atom. The molecule has 1 aromatic rings. The predicted octanol–water partition coefficient (Wildman–Crippen LogP) is 1.24. The minimum absolute atomic E-state index is 0.214. The van der Waals surface area contributed by atoms with Crippen LogP contribution in [0.4, 0.5) is 0 Å². The number of carbonyl (C=O) groups is 1. The second kappa shape index (κ2) is 3.32. The van der Waals surface area contributed by atoms with Crippen molar-refractivity contribution in [2.24, 2.45) is 0 Å². The van der Waals surface area contributed by atoms with Crippen molar-refractivity contribution in [3.8, 4) is 0 Å². The van der Waals surface area contributed by atoms with Crippen molar-refractivity contribution in [3.05, 3.63) is 17.5 Å². The van der Waals surface area contributed by atoms with E-state index in [2.05, 4.69) is 10.2 Å². The molecule has 0 aliphatic rings. The van der Waals surface area contributed by atoms with Crippen LogP contribution >= 0.6 is 0 Å².